The maximum absolute atomic E-state index is 11.9. The van der Waals surface area contributed by atoms with Crippen molar-refractivity contribution >= 4 is 17.5 Å². The van der Waals surface area contributed by atoms with E-state index in [2.05, 4.69) is 39.8 Å². The van der Waals surface area contributed by atoms with Crippen LogP contribution in [-0.4, -0.2) is 38.6 Å². The average molecular weight is 381 g/mol. The maximum Gasteiger partial charge on any atom is 0.309 e. The first-order valence-corrected chi connectivity index (χ1v) is 9.68. The van der Waals surface area contributed by atoms with Crippen LogP contribution in [0.1, 0.15) is 24.0 Å². The van der Waals surface area contributed by atoms with Gasteiger partial charge in [-0.15, -0.1) is 0 Å². The summed E-state index contributed by atoms with van der Waals surface area (Å²) in [6.07, 6.45) is 3.21. The largest absolute Gasteiger partial charge is 0.497 e. The molecule has 148 valence electrons. The fraction of sp³-hybridized carbons (Fsp3) is 0.364. The lowest BCUT2D eigenvalue weighted by Gasteiger charge is -2.17. The first-order valence-electron chi connectivity index (χ1n) is 9.68. The van der Waals surface area contributed by atoms with Gasteiger partial charge in [0.25, 0.3) is 0 Å². The quantitative estimate of drug-likeness (QED) is 0.722. The van der Waals surface area contributed by atoms with E-state index in [1.165, 1.54) is 18.5 Å². The minimum atomic E-state index is -0.625. The lowest BCUT2D eigenvalue weighted by atomic mass is 10.1. The van der Waals surface area contributed by atoms with Crippen molar-refractivity contribution in [3.63, 3.8) is 0 Å². The summed E-state index contributed by atoms with van der Waals surface area (Å²) in [6, 6.07) is 15.8. The zero-order valence-corrected chi connectivity index (χ0v) is 16.2. The Bertz CT molecular complexity index is 782. The molecule has 28 heavy (non-hydrogen) atoms. The zero-order chi connectivity index (χ0) is 19.8. The Morgan fingerprint density at radius 1 is 0.893 bits per heavy atom. The molecule has 2 amide bonds. The topological polar surface area (TPSA) is 70.7 Å². The van der Waals surface area contributed by atoms with Gasteiger partial charge in [-0.05, 0) is 54.7 Å². The summed E-state index contributed by atoms with van der Waals surface area (Å²) in [5, 5.41) is 5.30. The Kier molecular flexibility index (Phi) is 6.89. The molecule has 3 rings (SSSR count). The van der Waals surface area contributed by atoms with E-state index in [1.807, 2.05) is 24.3 Å². The van der Waals surface area contributed by atoms with Gasteiger partial charge in [-0.25, -0.2) is 0 Å². The highest BCUT2D eigenvalue weighted by molar-refractivity contribution is 6.35. The molecular weight excluding hydrogens is 354 g/mol. The van der Waals surface area contributed by atoms with Crippen LogP contribution in [0.2, 0.25) is 0 Å². The van der Waals surface area contributed by atoms with Gasteiger partial charge < -0.3 is 20.3 Å². The van der Waals surface area contributed by atoms with Gasteiger partial charge in [-0.1, -0.05) is 24.3 Å². The number of nitrogens with zero attached hydrogens (tertiary/aromatic N) is 1. The van der Waals surface area contributed by atoms with Crippen molar-refractivity contribution in [3.8, 4) is 5.75 Å². The van der Waals surface area contributed by atoms with Gasteiger partial charge in [0, 0.05) is 31.9 Å². The molecule has 6 heteroatoms. The van der Waals surface area contributed by atoms with Crippen LogP contribution in [0.4, 0.5) is 5.69 Å². The number of benzene rings is 2. The second-order valence-electron chi connectivity index (χ2n) is 6.90. The van der Waals surface area contributed by atoms with E-state index >= 15 is 0 Å². The molecule has 1 saturated heterocycles. The summed E-state index contributed by atoms with van der Waals surface area (Å²) >= 11 is 0. The first kappa shape index (κ1) is 19.7. The standard InChI is InChI=1S/C22H27N3O3/c1-28-20-10-6-18(7-11-20)16-24-22(27)21(26)23-13-12-17-4-8-19(9-5-17)25-14-2-3-15-25/h4-11H,2-3,12-16H2,1H3,(H,23,26)(H,24,27). The number of methoxy groups -OCH3 is 1. The average Bonchev–Trinajstić information content (AvgIpc) is 3.27. The third-order valence-electron chi connectivity index (χ3n) is 4.93. The molecule has 2 aromatic rings. The van der Waals surface area contributed by atoms with Crippen molar-refractivity contribution in [1.82, 2.24) is 10.6 Å². The van der Waals surface area contributed by atoms with Gasteiger partial charge in [0.15, 0.2) is 0 Å². The fourth-order valence-corrected chi connectivity index (χ4v) is 3.26. The van der Waals surface area contributed by atoms with Crippen molar-refractivity contribution in [3.05, 3.63) is 59.7 Å². The third-order valence-corrected chi connectivity index (χ3v) is 4.93. The highest BCUT2D eigenvalue weighted by atomic mass is 16.5. The van der Waals surface area contributed by atoms with Crippen LogP contribution < -0.4 is 20.3 Å². The number of rotatable bonds is 7. The number of amides is 2. The Labute approximate surface area is 165 Å². The van der Waals surface area contributed by atoms with Crippen LogP contribution >= 0.6 is 0 Å². The Hall–Kier alpha value is -3.02. The molecule has 0 aromatic heterocycles. The third kappa shape index (κ3) is 5.49. The SMILES string of the molecule is COc1ccc(CNC(=O)C(=O)NCCc2ccc(N3CCCC3)cc2)cc1. The van der Waals surface area contributed by atoms with Crippen LogP contribution in [0.3, 0.4) is 0 Å². The fourth-order valence-electron chi connectivity index (χ4n) is 3.26. The van der Waals surface area contributed by atoms with Crippen molar-refractivity contribution in [2.24, 2.45) is 0 Å². The second kappa shape index (κ2) is 9.78. The minimum absolute atomic E-state index is 0.300. The van der Waals surface area contributed by atoms with Gasteiger partial charge in [0.2, 0.25) is 0 Å². The zero-order valence-electron chi connectivity index (χ0n) is 16.2. The molecular formula is C22H27N3O3. The van der Waals surface area contributed by atoms with Crippen LogP contribution in [0.25, 0.3) is 0 Å². The van der Waals surface area contributed by atoms with E-state index in [1.54, 1.807) is 7.11 Å². The van der Waals surface area contributed by atoms with Crippen LogP contribution in [0.15, 0.2) is 48.5 Å². The number of carbonyl (C=O) groups is 2. The van der Waals surface area contributed by atoms with Gasteiger partial charge >= 0.3 is 11.8 Å². The number of carbonyl (C=O) groups excluding carboxylic acids is 2. The molecule has 6 nitrogen and oxygen atoms in total. The van der Waals surface area contributed by atoms with Gasteiger partial charge in [0.1, 0.15) is 5.75 Å². The number of hydrogen-bond donors (Lipinski definition) is 2. The predicted molar refractivity (Wildman–Crippen MR) is 109 cm³/mol. The molecule has 1 aliphatic heterocycles. The number of hydrogen-bond acceptors (Lipinski definition) is 4. The van der Waals surface area contributed by atoms with E-state index in [9.17, 15) is 9.59 Å². The molecule has 2 aromatic carbocycles. The van der Waals surface area contributed by atoms with Gasteiger partial charge in [-0.3, -0.25) is 9.59 Å². The van der Waals surface area contributed by atoms with E-state index in [0.29, 0.717) is 19.5 Å². The Morgan fingerprint density at radius 3 is 2.14 bits per heavy atom. The summed E-state index contributed by atoms with van der Waals surface area (Å²) in [6.45, 7) is 2.98. The Balaban J connectivity index is 1.37. The molecule has 0 atom stereocenters. The van der Waals surface area contributed by atoms with Crippen molar-refractivity contribution < 1.29 is 14.3 Å². The molecule has 0 unspecified atom stereocenters. The molecule has 1 heterocycles. The first-order chi connectivity index (χ1) is 13.7. The normalized spacial score (nSPS) is 13.2. The molecule has 0 radical (unpaired) electrons. The molecule has 2 N–H and O–H groups in total. The Morgan fingerprint density at radius 2 is 1.50 bits per heavy atom. The smallest absolute Gasteiger partial charge is 0.309 e. The highest BCUT2D eigenvalue weighted by Crippen LogP contribution is 2.20. The summed E-state index contributed by atoms with van der Waals surface area (Å²) in [5.41, 5.74) is 3.30. The summed E-state index contributed by atoms with van der Waals surface area (Å²) < 4.78 is 5.09. The van der Waals surface area contributed by atoms with E-state index in [4.69, 9.17) is 4.74 Å². The summed E-state index contributed by atoms with van der Waals surface area (Å²) in [4.78, 5) is 26.2. The predicted octanol–water partition coefficient (Wildman–Crippen LogP) is 2.27. The molecule has 0 aliphatic carbocycles. The molecule has 0 spiro atoms. The lowest BCUT2D eigenvalue weighted by molar-refractivity contribution is -0.139. The maximum atomic E-state index is 11.9. The highest BCUT2D eigenvalue weighted by Gasteiger charge is 2.13. The second-order valence-corrected chi connectivity index (χ2v) is 6.90. The summed E-state index contributed by atoms with van der Waals surface area (Å²) in [7, 11) is 1.60. The molecule has 0 saturated carbocycles. The molecule has 0 bridgehead atoms. The molecule has 1 fully saturated rings. The van der Waals surface area contributed by atoms with Gasteiger partial charge in [-0.2, -0.15) is 0 Å². The van der Waals surface area contributed by atoms with Crippen molar-refractivity contribution in [1.29, 1.82) is 0 Å². The number of ether oxygens (including phenoxy) is 1. The van der Waals surface area contributed by atoms with Crippen molar-refractivity contribution in [2.75, 3.05) is 31.6 Å². The minimum Gasteiger partial charge on any atom is -0.497 e. The van der Waals surface area contributed by atoms with Crippen molar-refractivity contribution in [2.45, 2.75) is 25.8 Å². The van der Waals surface area contributed by atoms with E-state index in [0.717, 1.165) is 30.0 Å². The van der Waals surface area contributed by atoms with Crippen LogP contribution in [-0.2, 0) is 22.6 Å². The van der Waals surface area contributed by atoms with Crippen LogP contribution in [0, 0.1) is 0 Å². The number of anilines is 1. The van der Waals surface area contributed by atoms with E-state index < -0.39 is 11.8 Å². The summed E-state index contributed by atoms with van der Waals surface area (Å²) in [5.74, 6) is -0.483. The molecule has 1 aliphatic rings. The number of nitrogens with one attached hydrogen (secondary N) is 2. The van der Waals surface area contributed by atoms with Gasteiger partial charge in [0.05, 0.1) is 7.11 Å². The van der Waals surface area contributed by atoms with E-state index in [-0.39, 0.29) is 0 Å². The monoisotopic (exact) mass is 381 g/mol. The van der Waals surface area contributed by atoms with Crippen LogP contribution in [0.5, 0.6) is 5.75 Å². The lowest BCUT2D eigenvalue weighted by Crippen LogP contribution is -2.40.